The van der Waals surface area contributed by atoms with Crippen molar-refractivity contribution in [3.63, 3.8) is 0 Å². The molecule has 1 aromatic heterocycles. The Morgan fingerprint density at radius 3 is 2.54 bits per heavy atom. The number of quaternary nitrogens is 1. The summed E-state index contributed by atoms with van der Waals surface area (Å²) >= 11 is 1.69. The first-order chi connectivity index (χ1) is 11.6. The van der Waals surface area contributed by atoms with Gasteiger partial charge in [0.25, 0.3) is 5.91 Å². The van der Waals surface area contributed by atoms with E-state index in [2.05, 4.69) is 49.7 Å². The van der Waals surface area contributed by atoms with Crippen molar-refractivity contribution in [2.75, 3.05) is 14.1 Å². The van der Waals surface area contributed by atoms with Crippen molar-refractivity contribution < 1.29 is 9.69 Å². The highest BCUT2D eigenvalue weighted by Gasteiger charge is 2.16. The van der Waals surface area contributed by atoms with Crippen LogP contribution in [0.5, 0.6) is 0 Å². The molecular weight excluding hydrogens is 316 g/mol. The lowest BCUT2D eigenvalue weighted by atomic mass is 10.1. The fourth-order valence-electron chi connectivity index (χ4n) is 3.23. The molecule has 2 N–H and O–H groups in total. The Balaban J connectivity index is 1.57. The Labute approximate surface area is 148 Å². The summed E-state index contributed by atoms with van der Waals surface area (Å²) in [6.07, 6.45) is 6.10. The van der Waals surface area contributed by atoms with Crippen molar-refractivity contribution in [3.05, 3.63) is 56.8 Å². The fourth-order valence-corrected chi connectivity index (χ4v) is 4.40. The summed E-state index contributed by atoms with van der Waals surface area (Å²) in [6, 6.07) is 10.7. The molecule has 0 radical (unpaired) electrons. The van der Waals surface area contributed by atoms with Crippen LogP contribution in [0.4, 0.5) is 0 Å². The van der Waals surface area contributed by atoms with Crippen molar-refractivity contribution >= 4 is 17.2 Å². The van der Waals surface area contributed by atoms with E-state index in [4.69, 9.17) is 0 Å². The van der Waals surface area contributed by atoms with E-state index in [1.54, 1.807) is 11.3 Å². The molecule has 0 unspecified atom stereocenters. The maximum Gasteiger partial charge on any atom is 0.261 e. The van der Waals surface area contributed by atoms with Crippen LogP contribution in [0.15, 0.2) is 30.3 Å². The summed E-state index contributed by atoms with van der Waals surface area (Å²) in [5.41, 5.74) is 3.88. The standard InChI is InChI=1S/C20H26N2OS/c1-22(2)14-16-10-8-15(9-11-16)13-21-20(23)19-12-17-6-4-3-5-7-18(17)24-19/h8-12H,3-7,13-14H2,1-2H3,(H,21,23)/p+1. The van der Waals surface area contributed by atoms with Crippen LogP contribution in [-0.2, 0) is 25.9 Å². The zero-order valence-electron chi connectivity index (χ0n) is 14.7. The molecule has 2 aromatic rings. The maximum absolute atomic E-state index is 12.4. The smallest absolute Gasteiger partial charge is 0.261 e. The van der Waals surface area contributed by atoms with Crippen LogP contribution in [0.1, 0.15) is 50.5 Å². The van der Waals surface area contributed by atoms with Gasteiger partial charge in [-0.1, -0.05) is 30.7 Å². The monoisotopic (exact) mass is 343 g/mol. The van der Waals surface area contributed by atoms with E-state index in [0.717, 1.165) is 29.8 Å². The predicted octanol–water partition coefficient (Wildman–Crippen LogP) is 2.59. The van der Waals surface area contributed by atoms with E-state index >= 15 is 0 Å². The summed E-state index contributed by atoms with van der Waals surface area (Å²) in [7, 11) is 4.30. The van der Waals surface area contributed by atoms with E-state index < -0.39 is 0 Å². The number of aryl methyl sites for hydroxylation is 2. The van der Waals surface area contributed by atoms with Gasteiger partial charge in [-0.05, 0) is 42.9 Å². The first-order valence-corrected chi connectivity index (χ1v) is 9.70. The molecule has 1 heterocycles. The summed E-state index contributed by atoms with van der Waals surface area (Å²) < 4.78 is 0. The van der Waals surface area contributed by atoms with Gasteiger partial charge in [0.2, 0.25) is 0 Å². The van der Waals surface area contributed by atoms with Gasteiger partial charge in [0.1, 0.15) is 6.54 Å². The second-order valence-corrected chi connectivity index (χ2v) is 8.14. The predicted molar refractivity (Wildman–Crippen MR) is 99.7 cm³/mol. The number of hydrogen-bond donors (Lipinski definition) is 2. The van der Waals surface area contributed by atoms with Crippen LogP contribution in [0, 0.1) is 0 Å². The second-order valence-electron chi connectivity index (χ2n) is 7.00. The van der Waals surface area contributed by atoms with Crippen molar-refractivity contribution in [2.45, 2.75) is 45.2 Å². The lowest BCUT2D eigenvalue weighted by molar-refractivity contribution is -0.872. The Morgan fingerprint density at radius 2 is 1.79 bits per heavy atom. The van der Waals surface area contributed by atoms with E-state index in [1.807, 2.05) is 0 Å². The normalized spacial score (nSPS) is 14.3. The molecule has 1 aromatic carbocycles. The fraction of sp³-hybridized carbons (Fsp3) is 0.450. The summed E-state index contributed by atoms with van der Waals surface area (Å²) in [4.78, 5) is 16.1. The molecule has 128 valence electrons. The minimum atomic E-state index is 0.0647. The first-order valence-electron chi connectivity index (χ1n) is 8.88. The van der Waals surface area contributed by atoms with Crippen LogP contribution >= 0.6 is 11.3 Å². The lowest BCUT2D eigenvalue weighted by Crippen LogP contribution is -3.04. The van der Waals surface area contributed by atoms with Crippen LogP contribution < -0.4 is 10.2 Å². The first kappa shape index (κ1) is 17.2. The molecule has 1 aliphatic carbocycles. The van der Waals surface area contributed by atoms with Crippen LogP contribution in [0.2, 0.25) is 0 Å². The number of benzene rings is 1. The summed E-state index contributed by atoms with van der Waals surface area (Å²) in [5, 5.41) is 3.07. The van der Waals surface area contributed by atoms with Gasteiger partial charge in [-0.2, -0.15) is 0 Å². The average molecular weight is 344 g/mol. The highest BCUT2D eigenvalue weighted by Crippen LogP contribution is 2.28. The van der Waals surface area contributed by atoms with Gasteiger partial charge in [-0.15, -0.1) is 11.3 Å². The van der Waals surface area contributed by atoms with E-state index in [9.17, 15) is 4.79 Å². The number of carbonyl (C=O) groups is 1. The van der Waals surface area contributed by atoms with Crippen LogP contribution in [0.3, 0.4) is 0 Å². The number of fused-ring (bicyclic) bond motifs is 1. The molecule has 1 aliphatic rings. The highest BCUT2D eigenvalue weighted by atomic mass is 32.1. The van der Waals surface area contributed by atoms with Crippen molar-refractivity contribution in [3.8, 4) is 0 Å². The SMILES string of the molecule is C[NH+](C)Cc1ccc(CNC(=O)c2cc3c(s2)CCCCC3)cc1. The van der Waals surface area contributed by atoms with Crippen LogP contribution in [-0.4, -0.2) is 20.0 Å². The molecule has 1 amide bonds. The number of thiophene rings is 1. The van der Waals surface area contributed by atoms with Crippen molar-refractivity contribution in [2.24, 2.45) is 0 Å². The van der Waals surface area contributed by atoms with Gasteiger partial charge in [-0.3, -0.25) is 4.79 Å². The number of amides is 1. The molecule has 0 fully saturated rings. The van der Waals surface area contributed by atoms with E-state index in [0.29, 0.717) is 6.54 Å². The molecule has 0 atom stereocenters. The summed E-state index contributed by atoms with van der Waals surface area (Å²) in [5.74, 6) is 0.0647. The number of hydrogen-bond acceptors (Lipinski definition) is 2. The molecule has 0 saturated carbocycles. The van der Waals surface area contributed by atoms with Crippen LogP contribution in [0.25, 0.3) is 0 Å². The van der Waals surface area contributed by atoms with E-state index in [1.165, 1.54) is 40.2 Å². The maximum atomic E-state index is 12.4. The number of rotatable bonds is 5. The van der Waals surface area contributed by atoms with Gasteiger partial charge in [0.15, 0.2) is 0 Å². The number of nitrogens with one attached hydrogen (secondary N) is 2. The van der Waals surface area contributed by atoms with Gasteiger partial charge >= 0.3 is 0 Å². The van der Waals surface area contributed by atoms with E-state index in [-0.39, 0.29) is 5.91 Å². The molecule has 3 rings (SSSR count). The Morgan fingerprint density at radius 1 is 1.08 bits per heavy atom. The Bertz CT molecular complexity index is 665. The highest BCUT2D eigenvalue weighted by molar-refractivity contribution is 7.14. The molecule has 0 bridgehead atoms. The molecule has 24 heavy (non-hydrogen) atoms. The molecule has 0 spiro atoms. The zero-order valence-corrected chi connectivity index (χ0v) is 15.5. The van der Waals surface area contributed by atoms with Crippen molar-refractivity contribution in [1.82, 2.24) is 5.32 Å². The Hall–Kier alpha value is -1.65. The quantitative estimate of drug-likeness (QED) is 0.804. The zero-order chi connectivity index (χ0) is 16.9. The lowest BCUT2D eigenvalue weighted by Gasteiger charge is -2.08. The second kappa shape index (κ2) is 7.95. The van der Waals surface area contributed by atoms with Gasteiger partial charge in [-0.25, -0.2) is 0 Å². The minimum Gasteiger partial charge on any atom is -0.347 e. The molecular formula is C20H27N2OS+. The largest absolute Gasteiger partial charge is 0.347 e. The third-order valence-corrected chi connectivity index (χ3v) is 5.74. The third-order valence-electron chi connectivity index (χ3n) is 4.50. The number of carbonyl (C=O) groups excluding carboxylic acids is 1. The molecule has 0 aliphatic heterocycles. The minimum absolute atomic E-state index is 0.0647. The average Bonchev–Trinajstić information content (AvgIpc) is 2.84. The molecule has 4 heteroatoms. The Kier molecular flexibility index (Phi) is 5.69. The van der Waals surface area contributed by atoms with Gasteiger partial charge in [0.05, 0.1) is 19.0 Å². The molecule has 3 nitrogen and oxygen atoms in total. The van der Waals surface area contributed by atoms with Gasteiger partial charge < -0.3 is 10.2 Å². The van der Waals surface area contributed by atoms with Crippen molar-refractivity contribution in [1.29, 1.82) is 0 Å². The van der Waals surface area contributed by atoms with Gasteiger partial charge in [0, 0.05) is 17.0 Å². The summed E-state index contributed by atoms with van der Waals surface area (Å²) in [6.45, 7) is 1.61. The molecule has 0 saturated heterocycles. The topological polar surface area (TPSA) is 33.5 Å². The third kappa shape index (κ3) is 4.46.